The summed E-state index contributed by atoms with van der Waals surface area (Å²) in [6.45, 7) is 0. The summed E-state index contributed by atoms with van der Waals surface area (Å²) in [5, 5.41) is 1.17. The Bertz CT molecular complexity index is 369. The molecule has 0 spiro atoms. The van der Waals surface area contributed by atoms with Gasteiger partial charge in [-0.05, 0) is 12.1 Å². The summed E-state index contributed by atoms with van der Waals surface area (Å²) in [5.74, 6) is 0. The van der Waals surface area contributed by atoms with Crippen LogP contribution in [0.4, 0.5) is 0 Å². The predicted octanol–water partition coefficient (Wildman–Crippen LogP) is 1.15. The molecule has 2 aromatic rings. The monoisotopic (exact) mass is 160 g/mol. The van der Waals surface area contributed by atoms with Gasteiger partial charge in [0.05, 0.1) is 5.52 Å². The Hall–Kier alpha value is -1.22. The van der Waals surface area contributed by atoms with Crippen LogP contribution in [0.1, 0.15) is 0 Å². The topological polar surface area (TPSA) is 14.2 Å². The Morgan fingerprint density at radius 1 is 1.18 bits per heavy atom. The van der Waals surface area contributed by atoms with Crippen molar-refractivity contribution in [3.63, 3.8) is 0 Å². The second-order valence-electron chi connectivity index (χ2n) is 2.29. The average molecular weight is 160 g/mol. The molecule has 0 fully saturated rings. The first kappa shape index (κ1) is 6.48. The summed E-state index contributed by atoms with van der Waals surface area (Å²) in [7, 11) is 2.97. The molecule has 0 atom stereocenters. The molecule has 0 aliphatic carbocycles. The maximum Gasteiger partial charge on any atom is 0.385 e. The van der Waals surface area contributed by atoms with E-state index in [0.717, 1.165) is 5.52 Å². The van der Waals surface area contributed by atoms with Crippen molar-refractivity contribution in [3.05, 3.63) is 36.5 Å². The minimum Gasteiger partial charge on any atom is -0.468 e. The summed E-state index contributed by atoms with van der Waals surface area (Å²) < 4.78 is 6.55. The SMILES string of the molecule is [Si]On1ccc2ccccc21. The highest BCUT2D eigenvalue weighted by atomic mass is 28.2. The number of hydrogen-bond acceptors (Lipinski definition) is 1. The Labute approximate surface area is 67.9 Å². The predicted molar refractivity (Wildman–Crippen MR) is 44.3 cm³/mol. The first-order valence-electron chi connectivity index (χ1n) is 3.32. The van der Waals surface area contributed by atoms with E-state index in [0.29, 0.717) is 0 Å². The molecule has 0 aliphatic rings. The smallest absolute Gasteiger partial charge is 0.385 e. The molecule has 0 N–H and O–H groups in total. The molecule has 0 unspecified atom stereocenters. The zero-order valence-corrected chi connectivity index (χ0v) is 6.82. The molecular formula is C8H6NOSi. The van der Waals surface area contributed by atoms with Gasteiger partial charge in [-0.15, -0.1) is 0 Å². The van der Waals surface area contributed by atoms with Crippen LogP contribution >= 0.6 is 0 Å². The van der Waals surface area contributed by atoms with E-state index in [1.807, 2.05) is 36.5 Å². The van der Waals surface area contributed by atoms with Crippen LogP contribution < -0.4 is 4.53 Å². The first-order valence-corrected chi connectivity index (χ1v) is 3.73. The lowest BCUT2D eigenvalue weighted by Gasteiger charge is -2.00. The third-order valence-electron chi connectivity index (χ3n) is 1.66. The molecule has 1 heterocycles. The second-order valence-corrected chi connectivity index (χ2v) is 2.47. The minimum absolute atomic E-state index is 1.06. The van der Waals surface area contributed by atoms with Gasteiger partial charge in [-0.3, -0.25) is 0 Å². The van der Waals surface area contributed by atoms with Crippen molar-refractivity contribution in [2.75, 3.05) is 0 Å². The van der Waals surface area contributed by atoms with E-state index in [1.165, 1.54) is 5.39 Å². The maximum atomic E-state index is 4.89. The minimum atomic E-state index is 1.06. The molecule has 1 aromatic heterocycles. The Morgan fingerprint density at radius 3 is 2.82 bits per heavy atom. The van der Waals surface area contributed by atoms with Crippen LogP contribution in [0.2, 0.25) is 0 Å². The highest BCUT2D eigenvalue weighted by molar-refractivity contribution is 5.98. The molecule has 3 radical (unpaired) electrons. The third-order valence-corrected chi connectivity index (χ3v) is 1.86. The highest BCUT2D eigenvalue weighted by Crippen LogP contribution is 2.12. The van der Waals surface area contributed by atoms with Crippen LogP contribution in [0.25, 0.3) is 10.9 Å². The summed E-state index contributed by atoms with van der Waals surface area (Å²) >= 11 is 0. The average Bonchev–Trinajstić information content (AvgIpc) is 2.47. The first-order chi connectivity index (χ1) is 5.42. The zero-order valence-electron chi connectivity index (χ0n) is 5.82. The van der Waals surface area contributed by atoms with Crippen molar-refractivity contribution in [3.8, 4) is 0 Å². The van der Waals surface area contributed by atoms with Crippen molar-refractivity contribution >= 4 is 21.4 Å². The fourth-order valence-electron chi connectivity index (χ4n) is 1.14. The van der Waals surface area contributed by atoms with Gasteiger partial charge in [0.25, 0.3) is 0 Å². The normalized spacial score (nSPS) is 10.3. The number of aromatic nitrogens is 1. The van der Waals surface area contributed by atoms with E-state index in [-0.39, 0.29) is 0 Å². The lowest BCUT2D eigenvalue weighted by atomic mass is 10.3. The largest absolute Gasteiger partial charge is 0.468 e. The molecule has 0 saturated carbocycles. The second kappa shape index (κ2) is 2.43. The maximum absolute atomic E-state index is 4.89. The van der Waals surface area contributed by atoms with E-state index < -0.39 is 0 Å². The van der Waals surface area contributed by atoms with Gasteiger partial charge in [-0.25, -0.2) is 4.73 Å². The summed E-state index contributed by atoms with van der Waals surface area (Å²) in [4.78, 5) is 0. The molecule has 0 aliphatic heterocycles. The van der Waals surface area contributed by atoms with Crippen LogP contribution in [0.15, 0.2) is 36.5 Å². The fraction of sp³-hybridized carbons (Fsp3) is 0. The van der Waals surface area contributed by atoms with Gasteiger partial charge in [0.15, 0.2) is 0 Å². The number of rotatable bonds is 1. The third kappa shape index (κ3) is 0.934. The van der Waals surface area contributed by atoms with E-state index in [2.05, 4.69) is 10.5 Å². The van der Waals surface area contributed by atoms with Gasteiger partial charge in [-0.2, -0.15) is 0 Å². The number of para-hydroxylation sites is 1. The molecule has 2 rings (SSSR count). The Balaban J connectivity index is 2.76. The molecule has 0 bridgehead atoms. The van der Waals surface area contributed by atoms with Gasteiger partial charge in [-0.1, -0.05) is 18.2 Å². The Morgan fingerprint density at radius 2 is 2.00 bits per heavy atom. The number of nitrogens with zero attached hydrogens (tertiary/aromatic N) is 1. The number of hydrogen-bond donors (Lipinski definition) is 0. The Kier molecular flexibility index (Phi) is 1.43. The molecule has 0 saturated heterocycles. The molecule has 11 heavy (non-hydrogen) atoms. The van der Waals surface area contributed by atoms with Crippen molar-refractivity contribution in [1.29, 1.82) is 0 Å². The standard InChI is InChI=1S/C8H6NOSi/c11-10-9-6-5-7-3-1-2-4-8(7)9/h1-6H. The van der Waals surface area contributed by atoms with Crippen LogP contribution in [-0.2, 0) is 0 Å². The van der Waals surface area contributed by atoms with Gasteiger partial charge >= 0.3 is 10.5 Å². The van der Waals surface area contributed by atoms with Crippen LogP contribution in [0.5, 0.6) is 0 Å². The van der Waals surface area contributed by atoms with Gasteiger partial charge in [0.1, 0.15) is 0 Å². The quantitative estimate of drug-likeness (QED) is 0.571. The zero-order chi connectivity index (χ0) is 7.68. The lowest BCUT2D eigenvalue weighted by Crippen LogP contribution is -2.04. The van der Waals surface area contributed by atoms with Crippen LogP contribution in [0, 0.1) is 0 Å². The summed E-state index contributed by atoms with van der Waals surface area (Å²) in [6, 6.07) is 10.0. The van der Waals surface area contributed by atoms with E-state index in [1.54, 1.807) is 4.73 Å². The van der Waals surface area contributed by atoms with E-state index in [9.17, 15) is 0 Å². The van der Waals surface area contributed by atoms with Crippen molar-refractivity contribution in [2.24, 2.45) is 0 Å². The molecule has 0 amide bonds. The highest BCUT2D eigenvalue weighted by Gasteiger charge is 1.96. The lowest BCUT2D eigenvalue weighted by molar-refractivity contribution is 0.318. The number of fused-ring (bicyclic) bond motifs is 1. The molecule has 3 heteroatoms. The van der Waals surface area contributed by atoms with Crippen molar-refractivity contribution < 1.29 is 4.53 Å². The summed E-state index contributed by atoms with van der Waals surface area (Å²) in [6.07, 6.45) is 1.86. The number of benzene rings is 1. The van der Waals surface area contributed by atoms with Gasteiger partial charge in [0, 0.05) is 11.6 Å². The van der Waals surface area contributed by atoms with Crippen molar-refractivity contribution in [1.82, 2.24) is 4.73 Å². The van der Waals surface area contributed by atoms with Gasteiger partial charge in [0.2, 0.25) is 0 Å². The van der Waals surface area contributed by atoms with E-state index in [4.69, 9.17) is 4.53 Å². The van der Waals surface area contributed by atoms with Crippen LogP contribution in [-0.4, -0.2) is 15.2 Å². The van der Waals surface area contributed by atoms with Gasteiger partial charge < -0.3 is 4.53 Å². The fourth-order valence-corrected chi connectivity index (χ4v) is 1.30. The molecule has 53 valence electrons. The molecule has 1 aromatic carbocycles. The molecule has 2 nitrogen and oxygen atoms in total. The van der Waals surface area contributed by atoms with Crippen LogP contribution in [0.3, 0.4) is 0 Å². The van der Waals surface area contributed by atoms with E-state index >= 15 is 0 Å². The molecular weight excluding hydrogens is 154 g/mol. The van der Waals surface area contributed by atoms with Crippen molar-refractivity contribution in [2.45, 2.75) is 0 Å². The summed E-state index contributed by atoms with van der Waals surface area (Å²) in [5.41, 5.74) is 1.06.